The fraction of sp³-hybridized carbons (Fsp3) is 0.200. The molecule has 1 aromatic carbocycles. The third kappa shape index (κ3) is 1.75. The first-order chi connectivity index (χ1) is 7.63. The van der Waals surface area contributed by atoms with Gasteiger partial charge in [0.25, 0.3) is 0 Å². The maximum absolute atomic E-state index is 11.1. The lowest BCUT2D eigenvalue weighted by molar-refractivity contribution is -0.150. The molecule has 6 heteroatoms. The summed E-state index contributed by atoms with van der Waals surface area (Å²) in [7, 11) is 1.22. The van der Waals surface area contributed by atoms with Crippen LogP contribution in [0.25, 0.3) is 10.9 Å². The largest absolute Gasteiger partial charge is 0.467 e. The van der Waals surface area contributed by atoms with Crippen LogP contribution >= 0.6 is 11.6 Å². The van der Waals surface area contributed by atoms with E-state index in [2.05, 4.69) is 14.9 Å². The van der Waals surface area contributed by atoms with E-state index in [-0.39, 0.29) is 0 Å². The number of halogens is 1. The predicted molar refractivity (Wildman–Crippen MR) is 58.1 cm³/mol. The second-order valence-electron chi connectivity index (χ2n) is 3.24. The van der Waals surface area contributed by atoms with Crippen LogP contribution in [0.2, 0.25) is 5.15 Å². The van der Waals surface area contributed by atoms with E-state index < -0.39 is 12.1 Å². The standard InChI is InChI=1S/C10H9ClN2O3/c1-16-10(15)8(14)5-2-3-7-6(4-5)9(11)13-12-7/h2-4,8,14H,1H3,(H,12,13). The highest BCUT2D eigenvalue weighted by molar-refractivity contribution is 6.34. The van der Waals surface area contributed by atoms with Crippen molar-refractivity contribution in [2.45, 2.75) is 6.10 Å². The number of aromatic amines is 1. The number of ether oxygens (including phenoxy) is 1. The third-order valence-electron chi connectivity index (χ3n) is 2.27. The third-order valence-corrected chi connectivity index (χ3v) is 2.56. The normalized spacial score (nSPS) is 12.7. The maximum atomic E-state index is 11.1. The zero-order valence-electron chi connectivity index (χ0n) is 8.40. The van der Waals surface area contributed by atoms with Gasteiger partial charge in [0, 0.05) is 5.39 Å². The van der Waals surface area contributed by atoms with Crippen LogP contribution < -0.4 is 0 Å². The van der Waals surface area contributed by atoms with E-state index in [1.165, 1.54) is 7.11 Å². The molecule has 1 aromatic heterocycles. The van der Waals surface area contributed by atoms with Crippen molar-refractivity contribution in [3.05, 3.63) is 28.9 Å². The van der Waals surface area contributed by atoms with Crippen LogP contribution in [0.1, 0.15) is 11.7 Å². The van der Waals surface area contributed by atoms with E-state index in [1.54, 1.807) is 18.2 Å². The number of rotatable bonds is 2. The SMILES string of the molecule is COC(=O)C(O)c1ccc2n[nH]c(Cl)c2c1. The number of nitrogens with zero attached hydrogens (tertiary/aromatic N) is 1. The van der Waals surface area contributed by atoms with Gasteiger partial charge in [-0.1, -0.05) is 17.7 Å². The molecule has 0 aliphatic heterocycles. The van der Waals surface area contributed by atoms with Crippen molar-refractivity contribution in [1.29, 1.82) is 0 Å². The van der Waals surface area contributed by atoms with Crippen molar-refractivity contribution in [2.75, 3.05) is 7.11 Å². The van der Waals surface area contributed by atoms with Gasteiger partial charge in [0.15, 0.2) is 6.10 Å². The minimum Gasteiger partial charge on any atom is -0.467 e. The summed E-state index contributed by atoms with van der Waals surface area (Å²) < 4.78 is 4.44. The first-order valence-electron chi connectivity index (χ1n) is 4.53. The zero-order valence-corrected chi connectivity index (χ0v) is 9.15. The Kier molecular flexibility index (Phi) is 2.80. The van der Waals surface area contributed by atoms with Crippen LogP contribution in [0.3, 0.4) is 0 Å². The molecule has 2 N–H and O–H groups in total. The van der Waals surface area contributed by atoms with Crippen LogP contribution in [-0.2, 0) is 9.53 Å². The molecule has 0 aliphatic rings. The summed E-state index contributed by atoms with van der Waals surface area (Å²) in [6, 6.07) is 4.86. The fourth-order valence-electron chi connectivity index (χ4n) is 1.41. The quantitative estimate of drug-likeness (QED) is 0.779. The number of aliphatic hydroxyl groups excluding tert-OH is 1. The van der Waals surface area contributed by atoms with E-state index in [0.29, 0.717) is 21.6 Å². The summed E-state index contributed by atoms with van der Waals surface area (Å²) in [5, 5.41) is 17.2. The van der Waals surface area contributed by atoms with Crippen LogP contribution in [0, 0.1) is 0 Å². The second kappa shape index (κ2) is 4.11. The maximum Gasteiger partial charge on any atom is 0.339 e. The molecule has 0 bridgehead atoms. The van der Waals surface area contributed by atoms with Crippen LogP contribution in [-0.4, -0.2) is 28.4 Å². The number of benzene rings is 1. The average molecular weight is 241 g/mol. The van der Waals surface area contributed by atoms with Crippen molar-refractivity contribution >= 4 is 28.5 Å². The highest BCUT2D eigenvalue weighted by atomic mass is 35.5. The number of carbonyl (C=O) groups is 1. The van der Waals surface area contributed by atoms with Crippen LogP contribution in [0.15, 0.2) is 18.2 Å². The smallest absolute Gasteiger partial charge is 0.339 e. The number of carbonyl (C=O) groups excluding carboxylic acids is 1. The van der Waals surface area contributed by atoms with Gasteiger partial charge < -0.3 is 9.84 Å². The Balaban J connectivity index is 2.45. The van der Waals surface area contributed by atoms with Crippen molar-refractivity contribution in [3.63, 3.8) is 0 Å². The Bertz CT molecular complexity index is 538. The Morgan fingerprint density at radius 1 is 1.62 bits per heavy atom. The number of H-pyrrole nitrogens is 1. The molecular weight excluding hydrogens is 232 g/mol. The minimum atomic E-state index is -1.31. The number of methoxy groups -OCH3 is 1. The average Bonchev–Trinajstić information content (AvgIpc) is 2.68. The summed E-state index contributed by atoms with van der Waals surface area (Å²) in [4.78, 5) is 11.1. The molecular formula is C10H9ClN2O3. The minimum absolute atomic E-state index is 0.369. The van der Waals surface area contributed by atoms with Crippen LogP contribution in [0.4, 0.5) is 0 Å². The molecule has 0 spiro atoms. The van der Waals surface area contributed by atoms with Gasteiger partial charge in [-0.15, -0.1) is 0 Å². The highest BCUT2D eigenvalue weighted by Crippen LogP contribution is 2.24. The van der Waals surface area contributed by atoms with E-state index in [4.69, 9.17) is 11.6 Å². The first kappa shape index (κ1) is 10.9. The summed E-state index contributed by atoms with van der Waals surface area (Å²) in [5.74, 6) is -0.709. The van der Waals surface area contributed by atoms with Gasteiger partial charge in [0.1, 0.15) is 5.15 Å². The zero-order chi connectivity index (χ0) is 11.7. The molecule has 0 aliphatic carbocycles. The van der Waals surface area contributed by atoms with Gasteiger partial charge in [0.2, 0.25) is 0 Å². The molecule has 1 atom stereocenters. The molecule has 0 radical (unpaired) electrons. The van der Waals surface area contributed by atoms with Gasteiger partial charge in [-0.25, -0.2) is 4.79 Å². The molecule has 5 nitrogen and oxygen atoms in total. The molecule has 2 aromatic rings. The van der Waals surface area contributed by atoms with E-state index in [0.717, 1.165) is 0 Å². The Hall–Kier alpha value is -1.59. The Morgan fingerprint density at radius 2 is 2.38 bits per heavy atom. The molecule has 84 valence electrons. The molecule has 1 unspecified atom stereocenters. The molecule has 0 amide bonds. The predicted octanol–water partition coefficient (Wildman–Crippen LogP) is 1.42. The van der Waals surface area contributed by atoms with E-state index >= 15 is 0 Å². The van der Waals surface area contributed by atoms with E-state index in [1.807, 2.05) is 0 Å². The van der Waals surface area contributed by atoms with Gasteiger partial charge in [-0.05, 0) is 17.7 Å². The van der Waals surface area contributed by atoms with Gasteiger partial charge in [-0.2, -0.15) is 5.10 Å². The molecule has 0 saturated heterocycles. The molecule has 1 heterocycles. The number of hydrogen-bond donors (Lipinski definition) is 2. The first-order valence-corrected chi connectivity index (χ1v) is 4.90. The van der Waals surface area contributed by atoms with Crippen molar-refractivity contribution in [1.82, 2.24) is 10.2 Å². The Morgan fingerprint density at radius 3 is 3.06 bits per heavy atom. The molecule has 0 fully saturated rings. The number of esters is 1. The molecule has 16 heavy (non-hydrogen) atoms. The summed E-state index contributed by atoms with van der Waals surface area (Å²) in [6.45, 7) is 0. The Labute approximate surface area is 96.0 Å². The monoisotopic (exact) mass is 240 g/mol. The van der Waals surface area contributed by atoms with Gasteiger partial charge in [-0.3, -0.25) is 5.10 Å². The lowest BCUT2D eigenvalue weighted by Crippen LogP contribution is -2.13. The van der Waals surface area contributed by atoms with Gasteiger partial charge >= 0.3 is 5.97 Å². The van der Waals surface area contributed by atoms with Gasteiger partial charge in [0.05, 0.1) is 12.6 Å². The van der Waals surface area contributed by atoms with E-state index in [9.17, 15) is 9.90 Å². The second-order valence-corrected chi connectivity index (χ2v) is 3.62. The summed E-state index contributed by atoms with van der Waals surface area (Å²) in [5.41, 5.74) is 1.09. The van der Waals surface area contributed by atoms with Crippen molar-refractivity contribution < 1.29 is 14.6 Å². The molecule has 2 rings (SSSR count). The van der Waals surface area contributed by atoms with Crippen molar-refractivity contribution in [2.24, 2.45) is 0 Å². The summed E-state index contributed by atoms with van der Waals surface area (Å²) >= 11 is 5.85. The number of aromatic nitrogens is 2. The lowest BCUT2D eigenvalue weighted by Gasteiger charge is -2.08. The number of fused-ring (bicyclic) bond motifs is 1. The topological polar surface area (TPSA) is 75.2 Å². The van der Waals surface area contributed by atoms with Crippen molar-refractivity contribution in [3.8, 4) is 0 Å². The fourth-order valence-corrected chi connectivity index (χ4v) is 1.61. The lowest BCUT2D eigenvalue weighted by atomic mass is 10.1. The number of hydrogen-bond acceptors (Lipinski definition) is 4. The number of aliphatic hydroxyl groups is 1. The number of nitrogens with one attached hydrogen (secondary N) is 1. The van der Waals surface area contributed by atoms with Crippen LogP contribution in [0.5, 0.6) is 0 Å². The highest BCUT2D eigenvalue weighted by Gasteiger charge is 2.18. The molecule has 0 saturated carbocycles. The summed E-state index contributed by atoms with van der Waals surface area (Å²) in [6.07, 6.45) is -1.31.